The van der Waals surface area contributed by atoms with Gasteiger partial charge in [-0.15, -0.1) is 0 Å². The summed E-state index contributed by atoms with van der Waals surface area (Å²) in [5, 5.41) is 26.6. The van der Waals surface area contributed by atoms with Crippen LogP contribution in [0.25, 0.3) is 0 Å². The number of carboxylic acid groups (broad SMARTS) is 1. The van der Waals surface area contributed by atoms with Crippen molar-refractivity contribution in [1.82, 2.24) is 0 Å². The van der Waals surface area contributed by atoms with Gasteiger partial charge in [-0.1, -0.05) is 6.07 Å². The van der Waals surface area contributed by atoms with E-state index < -0.39 is 12.0 Å². The molecule has 0 bridgehead atoms. The minimum atomic E-state index is -1.10. The summed E-state index contributed by atoms with van der Waals surface area (Å²) in [5.41, 5.74) is 5.86. The molecule has 0 aliphatic carbocycles. The van der Waals surface area contributed by atoms with E-state index in [1.54, 1.807) is 0 Å². The van der Waals surface area contributed by atoms with Crippen molar-refractivity contribution in [2.45, 2.75) is 12.5 Å². The summed E-state index contributed by atoms with van der Waals surface area (Å²) in [4.78, 5) is 10.4. The van der Waals surface area contributed by atoms with Crippen LogP contribution in [-0.4, -0.2) is 27.3 Å². The Morgan fingerprint density at radius 1 is 1.33 bits per heavy atom. The molecule has 0 saturated carbocycles. The number of rotatable bonds is 3. The molecule has 1 aromatic rings. The molecule has 5 N–H and O–H groups in total. The Morgan fingerprint density at radius 3 is 2.40 bits per heavy atom. The van der Waals surface area contributed by atoms with Gasteiger partial charge >= 0.3 is 5.97 Å². The van der Waals surface area contributed by atoms with Crippen LogP contribution in [0.3, 0.4) is 0 Å². The van der Waals surface area contributed by atoms with Crippen molar-refractivity contribution < 1.29 is 36.9 Å². The summed E-state index contributed by atoms with van der Waals surface area (Å²) in [7, 11) is 0. The summed E-state index contributed by atoms with van der Waals surface area (Å²) >= 11 is 0. The van der Waals surface area contributed by atoms with Crippen LogP contribution < -0.4 is 5.73 Å². The minimum Gasteiger partial charge on any atom is -0.504 e. The van der Waals surface area contributed by atoms with Gasteiger partial charge in [-0.05, 0) is 24.1 Å². The third kappa shape index (κ3) is 3.78. The maximum absolute atomic E-state index is 10.4. The first kappa shape index (κ1) is 13.8. The molecule has 1 aromatic carbocycles. The van der Waals surface area contributed by atoms with E-state index in [1.807, 2.05) is 0 Å². The molecule has 15 heavy (non-hydrogen) atoms. The van der Waals surface area contributed by atoms with Gasteiger partial charge in [0.1, 0.15) is 6.04 Å². The molecule has 0 heterocycles. The molecule has 1 radical (unpaired) electrons. The van der Waals surface area contributed by atoms with Crippen LogP contribution in [0.4, 0.5) is 0 Å². The standard InChI is InChI=1S/C9H11NO4.Co/c10-6(9(13)14)3-5-1-2-7(11)8(12)4-5;/h1-2,4,6,11-12H,3,10H2,(H,13,14);/t6-;/m0./s1. The summed E-state index contributed by atoms with van der Waals surface area (Å²) in [5.74, 6) is -1.62. The average molecular weight is 256 g/mol. The number of hydrogen-bond donors (Lipinski definition) is 4. The number of phenolic OH excluding ortho intramolecular Hbond substituents is 2. The Balaban J connectivity index is 0.00000196. The molecule has 6 heteroatoms. The monoisotopic (exact) mass is 256 g/mol. The van der Waals surface area contributed by atoms with Crippen molar-refractivity contribution in [3.8, 4) is 11.5 Å². The average Bonchev–Trinajstić information content (AvgIpc) is 2.11. The molecule has 0 fully saturated rings. The van der Waals surface area contributed by atoms with Crippen molar-refractivity contribution in [3.63, 3.8) is 0 Å². The van der Waals surface area contributed by atoms with Crippen LogP contribution in [0.2, 0.25) is 0 Å². The normalized spacial score (nSPS) is 11.5. The van der Waals surface area contributed by atoms with Gasteiger partial charge in [-0.2, -0.15) is 0 Å². The van der Waals surface area contributed by atoms with Gasteiger partial charge in [0.05, 0.1) is 0 Å². The third-order valence-corrected chi connectivity index (χ3v) is 1.81. The van der Waals surface area contributed by atoms with E-state index in [0.717, 1.165) is 0 Å². The second kappa shape index (κ2) is 5.59. The van der Waals surface area contributed by atoms with E-state index in [1.165, 1.54) is 18.2 Å². The maximum Gasteiger partial charge on any atom is 0.320 e. The summed E-state index contributed by atoms with van der Waals surface area (Å²) in [6, 6.07) is 3.09. The molecule has 0 amide bonds. The topological polar surface area (TPSA) is 104 Å². The van der Waals surface area contributed by atoms with Gasteiger partial charge in [0.15, 0.2) is 11.5 Å². The maximum atomic E-state index is 10.4. The second-order valence-corrected chi connectivity index (χ2v) is 2.97. The Labute approximate surface area is 96.7 Å². The van der Waals surface area contributed by atoms with E-state index in [-0.39, 0.29) is 34.7 Å². The smallest absolute Gasteiger partial charge is 0.320 e. The van der Waals surface area contributed by atoms with Crippen LogP contribution in [0.1, 0.15) is 5.56 Å². The zero-order chi connectivity index (χ0) is 10.7. The molecule has 0 unspecified atom stereocenters. The number of phenols is 2. The zero-order valence-corrected chi connectivity index (χ0v) is 8.72. The fourth-order valence-electron chi connectivity index (χ4n) is 1.04. The predicted molar refractivity (Wildman–Crippen MR) is 49.1 cm³/mol. The van der Waals surface area contributed by atoms with Gasteiger partial charge in [0.2, 0.25) is 0 Å². The molecule has 0 spiro atoms. The van der Waals surface area contributed by atoms with E-state index in [9.17, 15) is 4.79 Å². The Morgan fingerprint density at radius 2 is 1.93 bits per heavy atom. The van der Waals surface area contributed by atoms with Gasteiger partial charge in [0.25, 0.3) is 0 Å². The second-order valence-electron chi connectivity index (χ2n) is 2.97. The molecule has 5 nitrogen and oxygen atoms in total. The fourth-order valence-corrected chi connectivity index (χ4v) is 1.04. The van der Waals surface area contributed by atoms with Gasteiger partial charge in [-0.3, -0.25) is 4.79 Å². The number of aliphatic carboxylic acids is 1. The van der Waals surface area contributed by atoms with Crippen LogP contribution >= 0.6 is 0 Å². The van der Waals surface area contributed by atoms with Crippen molar-refractivity contribution in [2.75, 3.05) is 0 Å². The molecule has 0 aromatic heterocycles. The van der Waals surface area contributed by atoms with Gasteiger partial charge in [-0.25, -0.2) is 0 Å². The fraction of sp³-hybridized carbons (Fsp3) is 0.222. The first-order valence-corrected chi connectivity index (χ1v) is 4.00. The molecule has 1 rings (SSSR count). The van der Waals surface area contributed by atoms with E-state index in [2.05, 4.69) is 0 Å². The molecule has 0 aliphatic rings. The summed E-state index contributed by atoms with van der Waals surface area (Å²) in [6.45, 7) is 0. The van der Waals surface area contributed by atoms with Crippen molar-refractivity contribution in [1.29, 1.82) is 0 Å². The zero-order valence-electron chi connectivity index (χ0n) is 7.68. The Hall–Kier alpha value is -1.24. The first-order valence-electron chi connectivity index (χ1n) is 4.00. The molecule has 0 saturated heterocycles. The molecule has 85 valence electrons. The van der Waals surface area contributed by atoms with E-state index in [4.69, 9.17) is 21.1 Å². The van der Waals surface area contributed by atoms with Crippen LogP contribution in [0.5, 0.6) is 11.5 Å². The number of carboxylic acids is 1. The number of hydrogen-bond acceptors (Lipinski definition) is 4. The van der Waals surface area contributed by atoms with E-state index in [0.29, 0.717) is 5.56 Å². The molecular formula is C9H11CoNO4. The summed E-state index contributed by atoms with van der Waals surface area (Å²) in [6.07, 6.45) is 0.114. The molecular weight excluding hydrogens is 245 g/mol. The molecule has 0 aliphatic heterocycles. The Kier molecular flexibility index (Phi) is 5.13. The predicted octanol–water partition coefficient (Wildman–Crippen LogP) is 0.0497. The van der Waals surface area contributed by atoms with Crippen LogP contribution in [0.15, 0.2) is 18.2 Å². The first-order chi connectivity index (χ1) is 6.50. The molecule has 1 atom stereocenters. The summed E-state index contributed by atoms with van der Waals surface area (Å²) < 4.78 is 0. The largest absolute Gasteiger partial charge is 0.504 e. The number of carbonyl (C=O) groups is 1. The number of nitrogens with two attached hydrogens (primary N) is 1. The van der Waals surface area contributed by atoms with Gasteiger partial charge < -0.3 is 21.1 Å². The van der Waals surface area contributed by atoms with Crippen molar-refractivity contribution >= 4 is 5.97 Å². The number of benzene rings is 1. The van der Waals surface area contributed by atoms with E-state index >= 15 is 0 Å². The quantitative estimate of drug-likeness (QED) is 0.572. The Bertz CT molecular complexity index is 356. The van der Waals surface area contributed by atoms with Gasteiger partial charge in [0, 0.05) is 16.8 Å². The van der Waals surface area contributed by atoms with Crippen LogP contribution in [0, 0.1) is 0 Å². The van der Waals surface area contributed by atoms with Crippen molar-refractivity contribution in [3.05, 3.63) is 23.8 Å². The minimum absolute atomic E-state index is 0. The number of aromatic hydroxyl groups is 2. The van der Waals surface area contributed by atoms with Crippen LogP contribution in [-0.2, 0) is 28.0 Å². The SMILES string of the molecule is N[C@@H](Cc1ccc(O)c(O)c1)C(=O)O.[Co]. The third-order valence-electron chi connectivity index (χ3n) is 1.81. The van der Waals surface area contributed by atoms with Crippen molar-refractivity contribution in [2.24, 2.45) is 5.73 Å².